The van der Waals surface area contributed by atoms with E-state index in [2.05, 4.69) is 0 Å². The van der Waals surface area contributed by atoms with E-state index >= 15 is 0 Å². The number of hydrogen-bond acceptors (Lipinski definition) is 4. The fourth-order valence-electron chi connectivity index (χ4n) is 3.16. The minimum absolute atomic E-state index is 0.251. The number of carbonyl (C=O) groups is 2. The topological polar surface area (TPSA) is 76.1 Å². The Hall–Kier alpha value is -1.95. The van der Waals surface area contributed by atoms with Crippen LogP contribution in [0.5, 0.6) is 11.5 Å². The second kappa shape index (κ2) is 8.62. The molecule has 6 nitrogen and oxygen atoms in total. The van der Waals surface area contributed by atoms with Gasteiger partial charge in [0.2, 0.25) is 0 Å². The zero-order chi connectivity index (χ0) is 19.4. The van der Waals surface area contributed by atoms with Gasteiger partial charge in [0, 0.05) is 18.2 Å². The summed E-state index contributed by atoms with van der Waals surface area (Å²) in [6.07, 6.45) is 1.24. The molecular weight excluding hydrogens is 358 g/mol. The summed E-state index contributed by atoms with van der Waals surface area (Å²) in [4.78, 5) is 26.0. The van der Waals surface area contributed by atoms with Crippen LogP contribution in [0.15, 0.2) is 12.1 Å². The van der Waals surface area contributed by atoms with E-state index in [4.69, 9.17) is 21.1 Å². The lowest BCUT2D eigenvalue weighted by Gasteiger charge is -2.37. The second-order valence-electron chi connectivity index (χ2n) is 7.02. The highest BCUT2D eigenvalue weighted by molar-refractivity contribution is 6.32. The normalized spacial score (nSPS) is 20.2. The molecule has 1 saturated heterocycles. The summed E-state index contributed by atoms with van der Waals surface area (Å²) in [5.41, 5.74) is 0.363. The first-order valence-corrected chi connectivity index (χ1v) is 9.18. The van der Waals surface area contributed by atoms with E-state index in [-0.39, 0.29) is 11.9 Å². The van der Waals surface area contributed by atoms with Crippen molar-refractivity contribution in [2.45, 2.75) is 39.7 Å². The van der Waals surface area contributed by atoms with Gasteiger partial charge in [-0.1, -0.05) is 25.4 Å². The summed E-state index contributed by atoms with van der Waals surface area (Å²) in [6, 6.07) is 2.77. The van der Waals surface area contributed by atoms with Gasteiger partial charge in [0.25, 0.3) is 5.91 Å². The summed E-state index contributed by atoms with van der Waals surface area (Å²) in [5, 5.41) is 9.65. The van der Waals surface area contributed by atoms with Crippen LogP contribution in [0.3, 0.4) is 0 Å². The Morgan fingerprint density at radius 1 is 1.38 bits per heavy atom. The van der Waals surface area contributed by atoms with E-state index in [1.54, 1.807) is 24.0 Å². The largest absolute Gasteiger partial charge is 0.493 e. The summed E-state index contributed by atoms with van der Waals surface area (Å²) in [6.45, 7) is 6.82. The summed E-state index contributed by atoms with van der Waals surface area (Å²) in [5.74, 6) is -0.560. The smallest absolute Gasteiger partial charge is 0.308 e. The summed E-state index contributed by atoms with van der Waals surface area (Å²) in [7, 11) is 1.49. The van der Waals surface area contributed by atoms with Crippen molar-refractivity contribution < 1.29 is 24.2 Å². The first-order valence-electron chi connectivity index (χ1n) is 8.80. The molecule has 1 heterocycles. The number of likely N-dealkylation sites (tertiary alicyclic amines) is 1. The molecule has 0 aliphatic carbocycles. The minimum Gasteiger partial charge on any atom is -0.493 e. The highest BCUT2D eigenvalue weighted by Crippen LogP contribution is 2.37. The number of halogens is 1. The molecule has 2 atom stereocenters. The number of amides is 1. The van der Waals surface area contributed by atoms with E-state index in [0.29, 0.717) is 54.0 Å². The van der Waals surface area contributed by atoms with Gasteiger partial charge in [0.15, 0.2) is 11.5 Å². The Morgan fingerprint density at radius 3 is 2.65 bits per heavy atom. The van der Waals surface area contributed by atoms with E-state index in [1.807, 2.05) is 13.8 Å². The van der Waals surface area contributed by atoms with E-state index in [9.17, 15) is 14.7 Å². The molecule has 1 N–H and O–H groups in total. The van der Waals surface area contributed by atoms with Crippen molar-refractivity contribution >= 4 is 23.5 Å². The zero-order valence-electron chi connectivity index (χ0n) is 15.6. The molecule has 0 spiro atoms. The van der Waals surface area contributed by atoms with E-state index in [1.165, 1.54) is 7.11 Å². The highest BCUT2D eigenvalue weighted by Gasteiger charge is 2.36. The maximum atomic E-state index is 13.0. The average Bonchev–Trinajstić information content (AvgIpc) is 2.59. The maximum Gasteiger partial charge on any atom is 0.308 e. The molecule has 26 heavy (non-hydrogen) atoms. The lowest BCUT2D eigenvalue weighted by Crippen LogP contribution is -2.49. The molecule has 2 rings (SSSR count). The predicted molar refractivity (Wildman–Crippen MR) is 99.2 cm³/mol. The monoisotopic (exact) mass is 383 g/mol. The van der Waals surface area contributed by atoms with Crippen LogP contribution in [-0.4, -0.2) is 48.2 Å². The lowest BCUT2D eigenvalue weighted by molar-refractivity contribution is -0.144. The molecule has 0 bridgehead atoms. The molecule has 0 unspecified atom stereocenters. The Balaban J connectivity index is 2.28. The maximum absolute atomic E-state index is 13.0. The van der Waals surface area contributed by atoms with Crippen LogP contribution in [0.1, 0.15) is 44.0 Å². The molecule has 0 aromatic heterocycles. The van der Waals surface area contributed by atoms with Crippen LogP contribution in [0.2, 0.25) is 5.02 Å². The Bertz CT molecular complexity index is 676. The summed E-state index contributed by atoms with van der Waals surface area (Å²) < 4.78 is 11.1. The molecule has 7 heteroatoms. The van der Waals surface area contributed by atoms with Gasteiger partial charge >= 0.3 is 5.97 Å². The van der Waals surface area contributed by atoms with Gasteiger partial charge in [0.1, 0.15) is 0 Å². The van der Waals surface area contributed by atoms with Gasteiger partial charge in [0.05, 0.1) is 24.7 Å². The van der Waals surface area contributed by atoms with Crippen LogP contribution >= 0.6 is 11.6 Å². The molecule has 1 aromatic rings. The highest BCUT2D eigenvalue weighted by atomic mass is 35.5. The molecule has 1 aromatic carbocycles. The predicted octanol–water partition coefficient (Wildman–Crippen LogP) is 3.71. The van der Waals surface area contributed by atoms with E-state index < -0.39 is 11.9 Å². The second-order valence-corrected chi connectivity index (χ2v) is 7.43. The van der Waals surface area contributed by atoms with Crippen molar-refractivity contribution in [1.29, 1.82) is 0 Å². The third kappa shape index (κ3) is 4.41. The molecule has 0 radical (unpaired) electrons. The number of benzene rings is 1. The van der Waals surface area contributed by atoms with Gasteiger partial charge in [-0.2, -0.15) is 0 Å². The Kier molecular flexibility index (Phi) is 6.75. The van der Waals surface area contributed by atoms with Gasteiger partial charge < -0.3 is 19.5 Å². The minimum atomic E-state index is -0.872. The van der Waals surface area contributed by atoms with Gasteiger partial charge in [-0.15, -0.1) is 0 Å². The molecule has 1 aliphatic rings. The van der Waals surface area contributed by atoms with Crippen molar-refractivity contribution in [3.8, 4) is 11.5 Å². The molecule has 0 saturated carbocycles. The number of ether oxygens (including phenoxy) is 2. The zero-order valence-corrected chi connectivity index (χ0v) is 16.4. The van der Waals surface area contributed by atoms with Crippen molar-refractivity contribution in [3.05, 3.63) is 22.7 Å². The SMILES string of the molecule is COc1cc(C(=O)N2CCC[C@H](C(=O)O)[C@@H]2C)cc(Cl)c1OCC(C)C. The van der Waals surface area contributed by atoms with Gasteiger partial charge in [-0.25, -0.2) is 0 Å². The summed E-state index contributed by atoms with van der Waals surface area (Å²) >= 11 is 6.33. The van der Waals surface area contributed by atoms with Crippen LogP contribution in [0, 0.1) is 11.8 Å². The molecular formula is C19H26ClNO5. The first kappa shape index (κ1) is 20.4. The third-order valence-electron chi connectivity index (χ3n) is 4.60. The fraction of sp³-hybridized carbons (Fsp3) is 0.579. The van der Waals surface area contributed by atoms with Crippen LogP contribution in [0.4, 0.5) is 0 Å². The van der Waals surface area contributed by atoms with Gasteiger partial charge in [-0.05, 0) is 37.8 Å². The third-order valence-corrected chi connectivity index (χ3v) is 4.88. The number of rotatable bonds is 6. The lowest BCUT2D eigenvalue weighted by atomic mass is 9.90. The van der Waals surface area contributed by atoms with Crippen LogP contribution in [0.25, 0.3) is 0 Å². The number of carbonyl (C=O) groups excluding carboxylic acids is 1. The standard InChI is InChI=1S/C19H26ClNO5/c1-11(2)10-26-17-15(20)8-13(9-16(17)25-4)18(22)21-7-5-6-14(12(21)3)19(23)24/h8-9,11-12,14H,5-7,10H2,1-4H3,(H,23,24)/t12-,14-/m0/s1. The first-order chi connectivity index (χ1) is 12.3. The van der Waals surface area contributed by atoms with Crippen molar-refractivity contribution in [2.24, 2.45) is 11.8 Å². The van der Waals surface area contributed by atoms with Crippen molar-refractivity contribution in [2.75, 3.05) is 20.3 Å². The number of carboxylic acids is 1. The molecule has 144 valence electrons. The van der Waals surface area contributed by atoms with Crippen LogP contribution < -0.4 is 9.47 Å². The van der Waals surface area contributed by atoms with Crippen LogP contribution in [-0.2, 0) is 4.79 Å². The van der Waals surface area contributed by atoms with Crippen molar-refractivity contribution in [1.82, 2.24) is 4.90 Å². The fourth-order valence-corrected chi connectivity index (χ4v) is 3.42. The number of carboxylic acid groups (broad SMARTS) is 1. The van der Waals surface area contributed by atoms with E-state index in [0.717, 1.165) is 0 Å². The van der Waals surface area contributed by atoms with Gasteiger partial charge in [-0.3, -0.25) is 9.59 Å². The number of methoxy groups -OCH3 is 1. The molecule has 1 amide bonds. The molecule has 1 fully saturated rings. The number of hydrogen-bond donors (Lipinski definition) is 1. The molecule has 1 aliphatic heterocycles. The number of piperidine rings is 1. The van der Waals surface area contributed by atoms with Crippen molar-refractivity contribution in [3.63, 3.8) is 0 Å². The average molecular weight is 384 g/mol. The quantitative estimate of drug-likeness (QED) is 0.810. The number of nitrogens with zero attached hydrogens (tertiary/aromatic N) is 1. The number of aliphatic carboxylic acids is 1. The Morgan fingerprint density at radius 2 is 2.08 bits per heavy atom. The Labute approximate surface area is 159 Å².